The SMILES string of the molecule is c1ccc(-c2ccc(N(c3ccc(-c4ccccn4)cc3)c3cccc(-c4ccc5c6c(cccc46)-c4ccccc4-5)c3)cc2)nc1. The number of hydrogen-bond acceptors (Lipinski definition) is 3. The molecular weight excluding hydrogens is 571 g/mol. The van der Waals surface area contributed by atoms with E-state index in [1.165, 1.54) is 44.2 Å². The van der Waals surface area contributed by atoms with Crippen LogP contribution in [-0.2, 0) is 0 Å². The van der Waals surface area contributed by atoms with Gasteiger partial charge in [-0.15, -0.1) is 0 Å². The molecule has 3 heteroatoms. The average molecular weight is 600 g/mol. The van der Waals surface area contributed by atoms with Gasteiger partial charge in [0.05, 0.1) is 11.4 Å². The van der Waals surface area contributed by atoms with E-state index < -0.39 is 0 Å². The van der Waals surface area contributed by atoms with E-state index in [0.29, 0.717) is 0 Å². The minimum Gasteiger partial charge on any atom is -0.310 e. The van der Waals surface area contributed by atoms with E-state index in [-0.39, 0.29) is 0 Å². The lowest BCUT2D eigenvalue weighted by atomic mass is 9.94. The van der Waals surface area contributed by atoms with Crippen LogP contribution in [0, 0.1) is 0 Å². The van der Waals surface area contributed by atoms with Crippen LogP contribution in [-0.4, -0.2) is 9.97 Å². The van der Waals surface area contributed by atoms with Gasteiger partial charge in [0.15, 0.2) is 0 Å². The van der Waals surface area contributed by atoms with Crippen LogP contribution >= 0.6 is 0 Å². The molecule has 0 bridgehead atoms. The normalized spacial score (nSPS) is 11.4. The third-order valence-corrected chi connectivity index (χ3v) is 9.14. The quantitative estimate of drug-likeness (QED) is 0.190. The molecule has 2 aromatic heterocycles. The molecule has 0 spiro atoms. The van der Waals surface area contributed by atoms with Crippen LogP contribution in [0.25, 0.3) is 66.7 Å². The summed E-state index contributed by atoms with van der Waals surface area (Å²) in [5, 5.41) is 2.61. The van der Waals surface area contributed by atoms with Gasteiger partial charge in [0.1, 0.15) is 0 Å². The Hall–Kier alpha value is -6.32. The van der Waals surface area contributed by atoms with Gasteiger partial charge in [-0.05, 0) is 105 Å². The molecule has 6 aromatic carbocycles. The van der Waals surface area contributed by atoms with E-state index in [4.69, 9.17) is 0 Å². The second-order valence-electron chi connectivity index (χ2n) is 11.8. The summed E-state index contributed by atoms with van der Waals surface area (Å²) in [5.41, 5.74) is 15.0. The fraction of sp³-hybridized carbons (Fsp3) is 0. The third-order valence-electron chi connectivity index (χ3n) is 9.14. The molecule has 0 fully saturated rings. The van der Waals surface area contributed by atoms with Crippen molar-refractivity contribution in [1.82, 2.24) is 9.97 Å². The molecule has 1 aliphatic carbocycles. The van der Waals surface area contributed by atoms with Gasteiger partial charge in [-0.3, -0.25) is 9.97 Å². The largest absolute Gasteiger partial charge is 0.310 e. The van der Waals surface area contributed by atoms with Gasteiger partial charge in [0.2, 0.25) is 0 Å². The smallest absolute Gasteiger partial charge is 0.0701 e. The number of nitrogens with zero attached hydrogens (tertiary/aromatic N) is 3. The Morgan fingerprint density at radius 2 is 0.872 bits per heavy atom. The topological polar surface area (TPSA) is 29.0 Å². The Labute approximate surface area is 274 Å². The monoisotopic (exact) mass is 599 g/mol. The predicted octanol–water partition coefficient (Wildman–Crippen LogP) is 11.7. The Balaban J connectivity index is 1.16. The summed E-state index contributed by atoms with van der Waals surface area (Å²) in [7, 11) is 0. The van der Waals surface area contributed by atoms with E-state index in [1.807, 2.05) is 48.8 Å². The van der Waals surface area contributed by atoms with Crippen LogP contribution in [0.5, 0.6) is 0 Å². The first kappa shape index (κ1) is 27.0. The van der Waals surface area contributed by atoms with Crippen LogP contribution in [0.3, 0.4) is 0 Å². The molecule has 0 unspecified atom stereocenters. The van der Waals surface area contributed by atoms with E-state index in [2.05, 4.69) is 142 Å². The van der Waals surface area contributed by atoms with Crippen molar-refractivity contribution in [1.29, 1.82) is 0 Å². The van der Waals surface area contributed by atoms with Crippen molar-refractivity contribution in [3.8, 4) is 55.9 Å². The Morgan fingerprint density at radius 1 is 0.340 bits per heavy atom. The van der Waals surface area contributed by atoms with Crippen LogP contribution in [0.2, 0.25) is 0 Å². The molecule has 0 N–H and O–H groups in total. The predicted molar refractivity (Wildman–Crippen MR) is 195 cm³/mol. The molecule has 0 amide bonds. The number of fused-ring (bicyclic) bond motifs is 3. The molecule has 47 heavy (non-hydrogen) atoms. The van der Waals surface area contributed by atoms with Gasteiger partial charge in [-0.1, -0.05) is 103 Å². The van der Waals surface area contributed by atoms with E-state index >= 15 is 0 Å². The first-order valence-corrected chi connectivity index (χ1v) is 15.9. The van der Waals surface area contributed by atoms with Crippen molar-refractivity contribution in [3.05, 3.63) is 176 Å². The second-order valence-corrected chi connectivity index (χ2v) is 11.8. The summed E-state index contributed by atoms with van der Waals surface area (Å²) in [5.74, 6) is 0. The van der Waals surface area contributed by atoms with E-state index in [1.54, 1.807) is 0 Å². The summed E-state index contributed by atoms with van der Waals surface area (Å²) in [6.45, 7) is 0. The molecule has 220 valence electrons. The maximum absolute atomic E-state index is 4.56. The lowest BCUT2D eigenvalue weighted by Gasteiger charge is -2.26. The molecule has 0 saturated heterocycles. The Morgan fingerprint density at radius 3 is 1.47 bits per heavy atom. The molecule has 9 rings (SSSR count). The minimum absolute atomic E-state index is 0.960. The van der Waals surface area contributed by atoms with Crippen molar-refractivity contribution >= 4 is 27.8 Å². The first-order valence-electron chi connectivity index (χ1n) is 15.9. The van der Waals surface area contributed by atoms with Gasteiger partial charge < -0.3 is 4.90 Å². The number of rotatable bonds is 6. The van der Waals surface area contributed by atoms with Crippen LogP contribution < -0.4 is 4.90 Å². The highest BCUT2D eigenvalue weighted by Gasteiger charge is 2.22. The van der Waals surface area contributed by atoms with E-state index in [9.17, 15) is 0 Å². The van der Waals surface area contributed by atoms with Gasteiger partial charge in [0, 0.05) is 40.6 Å². The van der Waals surface area contributed by atoms with Gasteiger partial charge in [-0.2, -0.15) is 0 Å². The zero-order valence-electron chi connectivity index (χ0n) is 25.6. The van der Waals surface area contributed by atoms with Gasteiger partial charge in [0.25, 0.3) is 0 Å². The van der Waals surface area contributed by atoms with Gasteiger partial charge in [-0.25, -0.2) is 0 Å². The van der Waals surface area contributed by atoms with Crippen LogP contribution in [0.15, 0.2) is 176 Å². The molecular formula is C44H29N3. The number of benzene rings is 6. The summed E-state index contributed by atoms with van der Waals surface area (Å²) >= 11 is 0. The highest BCUT2D eigenvalue weighted by Crippen LogP contribution is 2.49. The maximum atomic E-state index is 4.56. The Kier molecular flexibility index (Phi) is 6.46. The molecule has 0 radical (unpaired) electrons. The number of anilines is 3. The number of aromatic nitrogens is 2. The maximum Gasteiger partial charge on any atom is 0.0701 e. The first-order chi connectivity index (χ1) is 23.3. The fourth-order valence-corrected chi connectivity index (χ4v) is 6.95. The molecule has 1 aliphatic rings. The molecule has 0 aliphatic heterocycles. The zero-order valence-corrected chi connectivity index (χ0v) is 25.6. The summed E-state index contributed by atoms with van der Waals surface area (Å²) < 4.78 is 0. The molecule has 0 atom stereocenters. The summed E-state index contributed by atoms with van der Waals surface area (Å²) in [6, 6.07) is 58.3. The lowest BCUT2D eigenvalue weighted by molar-refractivity contribution is 1.27. The van der Waals surface area contributed by atoms with Gasteiger partial charge >= 0.3 is 0 Å². The minimum atomic E-state index is 0.960. The summed E-state index contributed by atoms with van der Waals surface area (Å²) in [4.78, 5) is 11.4. The molecule has 8 aromatic rings. The molecule has 2 heterocycles. The number of hydrogen-bond donors (Lipinski definition) is 0. The highest BCUT2D eigenvalue weighted by molar-refractivity contribution is 6.18. The molecule has 3 nitrogen and oxygen atoms in total. The number of pyridine rings is 2. The lowest BCUT2D eigenvalue weighted by Crippen LogP contribution is -2.10. The average Bonchev–Trinajstić information content (AvgIpc) is 3.48. The third kappa shape index (κ3) is 4.68. The summed E-state index contributed by atoms with van der Waals surface area (Å²) in [6.07, 6.45) is 3.67. The van der Waals surface area contributed by atoms with Crippen molar-refractivity contribution in [3.63, 3.8) is 0 Å². The standard InChI is InChI=1S/C44H29N3/c1-2-12-38-37(11-1)40-14-8-13-39-36(25-26-41(38)44(39)40)32-9-7-10-35(29-32)47(33-21-17-30(18-22-33)42-15-3-5-27-45-42)34-23-19-31(20-24-34)43-16-4-6-28-46-43/h1-29H. The molecule has 0 saturated carbocycles. The van der Waals surface area contributed by atoms with Crippen molar-refractivity contribution in [2.75, 3.05) is 4.90 Å². The van der Waals surface area contributed by atoms with Crippen LogP contribution in [0.4, 0.5) is 17.1 Å². The van der Waals surface area contributed by atoms with Crippen LogP contribution in [0.1, 0.15) is 0 Å². The van der Waals surface area contributed by atoms with Crippen molar-refractivity contribution in [2.24, 2.45) is 0 Å². The second kappa shape index (κ2) is 11.2. The van der Waals surface area contributed by atoms with Crippen molar-refractivity contribution in [2.45, 2.75) is 0 Å². The van der Waals surface area contributed by atoms with Crippen molar-refractivity contribution < 1.29 is 0 Å². The highest BCUT2D eigenvalue weighted by atomic mass is 15.1. The zero-order chi connectivity index (χ0) is 31.2. The fourth-order valence-electron chi connectivity index (χ4n) is 6.95. The Bertz CT molecular complexity index is 2270. The van der Waals surface area contributed by atoms with E-state index in [0.717, 1.165) is 39.6 Å².